The van der Waals surface area contributed by atoms with Gasteiger partial charge in [0.05, 0.1) is 40.3 Å². The Labute approximate surface area is 408 Å². The number of nitrogens with zero attached hydrogens (tertiary/aromatic N) is 4. The Balaban J connectivity index is 1.06. The third-order valence-corrected chi connectivity index (χ3v) is 13.4. The Morgan fingerprint density at radius 3 is 1.94 bits per heavy atom. The fourth-order valence-electron chi connectivity index (χ4n) is 10.2. The number of pyridine rings is 1. The Hall–Kier alpha value is -8.80. The Bertz CT molecular complexity index is 4260. The summed E-state index contributed by atoms with van der Waals surface area (Å²) in [6, 6.07) is 62.3. The van der Waals surface area contributed by atoms with Gasteiger partial charge in [0.25, 0.3) is 6.33 Å². The van der Waals surface area contributed by atoms with E-state index in [1.165, 1.54) is 5.56 Å². The first kappa shape index (κ1) is 35.4. The number of aromatic nitrogens is 4. The lowest BCUT2D eigenvalue weighted by Crippen LogP contribution is -2.32. The second-order valence-corrected chi connectivity index (χ2v) is 18.6. The smallest absolute Gasteiger partial charge is 0.269 e. The van der Waals surface area contributed by atoms with Crippen LogP contribution in [0.3, 0.4) is 0 Å². The van der Waals surface area contributed by atoms with Crippen LogP contribution in [0, 0.1) is 6.33 Å². The van der Waals surface area contributed by atoms with Crippen molar-refractivity contribution in [1.29, 1.82) is 0 Å². The normalized spacial score (nSPS) is 13.0. The molecule has 1 aliphatic heterocycles. The van der Waals surface area contributed by atoms with E-state index in [0.717, 1.165) is 88.9 Å². The van der Waals surface area contributed by atoms with Crippen molar-refractivity contribution in [3.8, 4) is 84.3 Å². The summed E-state index contributed by atoms with van der Waals surface area (Å²) in [5, 5.41) is 2.21. The largest absolute Gasteiger partial charge is 0.458 e. The van der Waals surface area contributed by atoms with Gasteiger partial charge in [-0.1, -0.05) is 178 Å². The van der Waals surface area contributed by atoms with Crippen LogP contribution < -0.4 is 9.30 Å². The zero-order valence-electron chi connectivity index (χ0n) is 43.2. The van der Waals surface area contributed by atoms with E-state index in [1.807, 2.05) is 94.2 Å². The van der Waals surface area contributed by atoms with Crippen molar-refractivity contribution in [3.05, 3.63) is 236 Å². The molecule has 0 amide bonds. The minimum absolute atomic E-state index is 0.0659. The lowest BCUT2D eigenvalue weighted by Gasteiger charge is -2.20. The summed E-state index contributed by atoms with van der Waals surface area (Å²) in [7, 11) is 0. The minimum atomic E-state index is -0.445. The van der Waals surface area contributed by atoms with E-state index in [0.29, 0.717) is 22.7 Å². The molecule has 0 bridgehead atoms. The average molecular weight is 892 g/mol. The van der Waals surface area contributed by atoms with E-state index >= 15 is 0 Å². The molecular formula is C64H46N4O. The molecular weight excluding hydrogens is 841 g/mol. The number of benzene rings is 9. The topological polar surface area (TPSA) is 35.9 Å². The van der Waals surface area contributed by atoms with Crippen LogP contribution in [0.1, 0.15) is 33.2 Å². The molecule has 328 valence electrons. The standard InChI is InChI=1S/C64H46N4O/c1-64(2,3)45-34-35-65-61(38-45)68-58-31-15-14-28-54(58)55-33-32-48(40-59(55)68)69-47-23-16-22-46(39-47)66-41-67-62-49(43-20-8-5-9-21-43)29-17-30-56(62)52-26-12-10-24-50(52)51-25-11-13-27-53(51)57-36-44(37-60(66)63(57)67)42-18-6-4-7-19-42/h4-40H,1-3H3/i5D,8D,9D,20D,21D. The molecule has 5 nitrogen and oxygen atoms in total. The highest BCUT2D eigenvalue weighted by Gasteiger charge is 2.27. The highest BCUT2D eigenvalue weighted by atomic mass is 16.5. The first-order valence-electron chi connectivity index (χ1n) is 25.7. The molecule has 69 heavy (non-hydrogen) atoms. The van der Waals surface area contributed by atoms with Gasteiger partial charge in [0.2, 0.25) is 0 Å². The van der Waals surface area contributed by atoms with E-state index in [1.54, 1.807) is 0 Å². The van der Waals surface area contributed by atoms with Crippen LogP contribution >= 0.6 is 0 Å². The first-order valence-corrected chi connectivity index (χ1v) is 23.2. The van der Waals surface area contributed by atoms with Gasteiger partial charge in [0.15, 0.2) is 0 Å². The van der Waals surface area contributed by atoms with Gasteiger partial charge in [-0.15, -0.1) is 0 Å². The molecule has 0 atom stereocenters. The molecule has 0 spiro atoms. The molecule has 12 aromatic rings. The molecule has 9 aromatic carbocycles. The summed E-state index contributed by atoms with van der Waals surface area (Å²) in [6.45, 7) is 6.64. The van der Waals surface area contributed by atoms with Crippen LogP contribution in [-0.4, -0.2) is 14.1 Å². The van der Waals surface area contributed by atoms with E-state index in [2.05, 4.69) is 141 Å². The van der Waals surface area contributed by atoms with Gasteiger partial charge in [-0.05, 0) is 121 Å². The van der Waals surface area contributed by atoms with Crippen molar-refractivity contribution in [2.45, 2.75) is 26.2 Å². The summed E-state index contributed by atoms with van der Waals surface area (Å²) >= 11 is 0. The molecule has 0 aliphatic carbocycles. The average Bonchev–Trinajstić information content (AvgIpc) is 3.99. The lowest BCUT2D eigenvalue weighted by atomic mass is 9.88. The Kier molecular flexibility index (Phi) is 8.17. The van der Waals surface area contributed by atoms with Gasteiger partial charge in [-0.2, -0.15) is 0 Å². The fraction of sp³-hybridized carbons (Fsp3) is 0.0625. The molecule has 1 aliphatic rings. The predicted molar refractivity (Wildman–Crippen MR) is 282 cm³/mol. The van der Waals surface area contributed by atoms with Crippen molar-refractivity contribution >= 4 is 32.8 Å². The number of rotatable bonds is 6. The minimum Gasteiger partial charge on any atom is -0.458 e. The summed E-state index contributed by atoms with van der Waals surface area (Å²) in [5.74, 6) is 2.10. The zero-order valence-corrected chi connectivity index (χ0v) is 38.2. The highest BCUT2D eigenvalue weighted by Crippen LogP contribution is 2.46. The maximum Gasteiger partial charge on any atom is 0.269 e. The molecule has 3 aromatic heterocycles. The Morgan fingerprint density at radius 1 is 0.507 bits per heavy atom. The molecule has 0 fully saturated rings. The number of hydrogen-bond donors (Lipinski definition) is 0. The van der Waals surface area contributed by atoms with Crippen molar-refractivity contribution in [2.75, 3.05) is 0 Å². The van der Waals surface area contributed by atoms with Gasteiger partial charge < -0.3 is 4.74 Å². The third kappa shape index (κ3) is 6.77. The quantitative estimate of drug-likeness (QED) is 0.123. The molecule has 4 heterocycles. The second-order valence-electron chi connectivity index (χ2n) is 18.6. The van der Waals surface area contributed by atoms with E-state index in [4.69, 9.17) is 13.8 Å². The van der Waals surface area contributed by atoms with Crippen molar-refractivity contribution < 1.29 is 16.2 Å². The van der Waals surface area contributed by atoms with Gasteiger partial charge >= 0.3 is 0 Å². The van der Waals surface area contributed by atoms with Gasteiger partial charge in [-0.25, -0.2) is 4.98 Å². The number of fused-ring (bicyclic) bond motifs is 10. The lowest BCUT2D eigenvalue weighted by molar-refractivity contribution is -0.570. The predicted octanol–water partition coefficient (Wildman–Crippen LogP) is 15.9. The maximum atomic E-state index is 9.29. The first-order chi connectivity index (χ1) is 35.9. The summed E-state index contributed by atoms with van der Waals surface area (Å²) in [5.41, 5.74) is 14.5. The number of ether oxygens (including phenoxy) is 1. The zero-order chi connectivity index (χ0) is 50.6. The highest BCUT2D eigenvalue weighted by molar-refractivity contribution is 6.09. The van der Waals surface area contributed by atoms with Crippen LogP contribution in [0.5, 0.6) is 11.5 Å². The molecule has 13 rings (SSSR count). The summed E-state index contributed by atoms with van der Waals surface area (Å²) in [4.78, 5) is 4.89. The molecule has 0 N–H and O–H groups in total. The van der Waals surface area contributed by atoms with Crippen LogP contribution in [0.25, 0.3) is 106 Å². The van der Waals surface area contributed by atoms with Crippen LogP contribution in [-0.2, 0) is 5.41 Å². The third-order valence-electron chi connectivity index (χ3n) is 13.4. The van der Waals surface area contributed by atoms with E-state index in [-0.39, 0.29) is 23.1 Å². The molecule has 0 unspecified atom stereocenters. The molecule has 0 saturated carbocycles. The van der Waals surface area contributed by atoms with Gasteiger partial charge in [0.1, 0.15) is 17.3 Å². The van der Waals surface area contributed by atoms with E-state index in [9.17, 15) is 2.74 Å². The number of hydrogen-bond acceptors (Lipinski definition) is 2. The van der Waals surface area contributed by atoms with Crippen molar-refractivity contribution in [1.82, 2.24) is 14.1 Å². The maximum absolute atomic E-state index is 9.29. The SMILES string of the molecule is [2H]c1c([2H])c([2H])c(-c2cccc3c2-[n+]2[c-]n(-c4cccc(Oc5ccc6c7ccccc7n(-c7cc(C(C)(C)C)ccn7)c6c5)c4)c4cc(-c5ccccc5)cc(c42)-c2ccccc2-c2ccccc2-3)c([2H])c1[2H]. The monoisotopic (exact) mass is 891 g/mol. The van der Waals surface area contributed by atoms with Gasteiger partial charge in [-0.3, -0.25) is 13.7 Å². The Morgan fingerprint density at radius 2 is 1.16 bits per heavy atom. The number of para-hydroxylation sites is 2. The molecule has 5 heteroatoms. The fourth-order valence-corrected chi connectivity index (χ4v) is 10.2. The molecule has 0 radical (unpaired) electrons. The van der Waals surface area contributed by atoms with Crippen molar-refractivity contribution in [3.63, 3.8) is 0 Å². The van der Waals surface area contributed by atoms with Crippen molar-refractivity contribution in [2.24, 2.45) is 0 Å². The summed E-state index contributed by atoms with van der Waals surface area (Å²) in [6.07, 6.45) is 5.70. The van der Waals surface area contributed by atoms with Crippen LogP contribution in [0.15, 0.2) is 224 Å². The van der Waals surface area contributed by atoms with E-state index < -0.39 is 18.1 Å². The van der Waals surface area contributed by atoms with Crippen LogP contribution in [0.4, 0.5) is 0 Å². The summed E-state index contributed by atoms with van der Waals surface area (Å²) < 4.78 is 57.9. The second kappa shape index (κ2) is 15.9. The van der Waals surface area contributed by atoms with Crippen LogP contribution in [0.2, 0.25) is 0 Å². The molecule has 0 saturated heterocycles. The number of imidazole rings is 1. The van der Waals surface area contributed by atoms with Gasteiger partial charge in [0, 0.05) is 23.0 Å².